The Kier molecular flexibility index (Phi) is 5.45. The lowest BCUT2D eigenvalue weighted by molar-refractivity contribution is -0.00543. The maximum Gasteiger partial charge on any atom is 0.274 e. The number of nitrogens with one attached hydrogen (secondary N) is 1. The standard InChI is InChI=1S/C21H21FN4O4/c1-12-9-26(10-13(2)29-12)19-15(11-27)7-16-18(25-30-20(16)17(19)22)21(28)24-8-14-3-5-23-6-4-14/h3-7,11-13H,8-10H2,1-2H3,(H,24,28). The fourth-order valence-electron chi connectivity index (χ4n) is 3.75. The smallest absolute Gasteiger partial charge is 0.274 e. The van der Waals surface area contributed by atoms with Crippen LogP contribution < -0.4 is 10.2 Å². The molecule has 9 heteroatoms. The Morgan fingerprint density at radius 2 is 2.00 bits per heavy atom. The normalized spacial score (nSPS) is 19.1. The van der Waals surface area contributed by atoms with Gasteiger partial charge in [-0.05, 0) is 37.6 Å². The second-order valence-corrected chi connectivity index (χ2v) is 7.35. The van der Waals surface area contributed by atoms with Gasteiger partial charge in [0.2, 0.25) is 5.58 Å². The number of morpholine rings is 1. The summed E-state index contributed by atoms with van der Waals surface area (Å²) in [5.74, 6) is -1.24. The summed E-state index contributed by atoms with van der Waals surface area (Å²) in [4.78, 5) is 30.0. The van der Waals surface area contributed by atoms with Crippen molar-refractivity contribution in [3.05, 3.63) is 53.2 Å². The molecule has 3 heterocycles. The molecule has 1 saturated heterocycles. The molecule has 0 radical (unpaired) electrons. The zero-order chi connectivity index (χ0) is 21.3. The number of carbonyl (C=O) groups is 2. The van der Waals surface area contributed by atoms with Crippen LogP contribution in [0, 0.1) is 5.82 Å². The third kappa shape index (κ3) is 3.76. The van der Waals surface area contributed by atoms with Gasteiger partial charge in [-0.3, -0.25) is 14.6 Å². The highest BCUT2D eigenvalue weighted by Gasteiger charge is 2.30. The van der Waals surface area contributed by atoms with Crippen LogP contribution in [-0.2, 0) is 11.3 Å². The summed E-state index contributed by atoms with van der Waals surface area (Å²) in [7, 11) is 0. The van der Waals surface area contributed by atoms with Crippen LogP contribution in [0.4, 0.5) is 10.1 Å². The number of rotatable bonds is 5. The molecule has 1 fully saturated rings. The molecule has 3 aromatic rings. The van der Waals surface area contributed by atoms with E-state index in [0.717, 1.165) is 5.56 Å². The number of aldehydes is 1. The quantitative estimate of drug-likeness (QED) is 0.644. The molecule has 1 amide bonds. The van der Waals surface area contributed by atoms with Crippen molar-refractivity contribution in [3.63, 3.8) is 0 Å². The topological polar surface area (TPSA) is 97.6 Å². The van der Waals surface area contributed by atoms with E-state index in [-0.39, 0.29) is 46.7 Å². The lowest BCUT2D eigenvalue weighted by Crippen LogP contribution is -2.46. The van der Waals surface area contributed by atoms with Crippen molar-refractivity contribution in [2.75, 3.05) is 18.0 Å². The number of amides is 1. The van der Waals surface area contributed by atoms with Crippen LogP contribution >= 0.6 is 0 Å². The van der Waals surface area contributed by atoms with Gasteiger partial charge in [0.15, 0.2) is 17.8 Å². The average molecular weight is 412 g/mol. The summed E-state index contributed by atoms with van der Waals surface area (Å²) in [5.41, 5.74) is 0.892. The van der Waals surface area contributed by atoms with Crippen LogP contribution in [0.5, 0.6) is 0 Å². The fourth-order valence-corrected chi connectivity index (χ4v) is 3.75. The molecule has 156 valence electrons. The second-order valence-electron chi connectivity index (χ2n) is 7.35. The van der Waals surface area contributed by atoms with Crippen molar-refractivity contribution in [2.24, 2.45) is 0 Å². The van der Waals surface area contributed by atoms with Gasteiger partial charge in [0, 0.05) is 37.6 Å². The molecule has 0 saturated carbocycles. The van der Waals surface area contributed by atoms with E-state index in [1.54, 1.807) is 29.4 Å². The van der Waals surface area contributed by atoms with Crippen molar-refractivity contribution < 1.29 is 23.2 Å². The third-order valence-electron chi connectivity index (χ3n) is 4.99. The molecule has 2 unspecified atom stereocenters. The summed E-state index contributed by atoms with van der Waals surface area (Å²) in [6.07, 6.45) is 3.58. The summed E-state index contributed by atoms with van der Waals surface area (Å²) < 4.78 is 26.2. The van der Waals surface area contributed by atoms with E-state index >= 15 is 4.39 Å². The summed E-state index contributed by atoms with van der Waals surface area (Å²) in [6, 6.07) is 4.98. The van der Waals surface area contributed by atoms with E-state index in [0.29, 0.717) is 19.4 Å². The van der Waals surface area contributed by atoms with Gasteiger partial charge < -0.3 is 19.5 Å². The van der Waals surface area contributed by atoms with Crippen LogP contribution in [0.3, 0.4) is 0 Å². The Balaban J connectivity index is 1.67. The predicted octanol–water partition coefficient (Wildman–Crippen LogP) is 2.72. The van der Waals surface area contributed by atoms with Gasteiger partial charge in [-0.1, -0.05) is 5.16 Å². The Labute approximate surface area is 172 Å². The molecule has 30 heavy (non-hydrogen) atoms. The molecule has 4 rings (SSSR count). The van der Waals surface area contributed by atoms with Crippen molar-refractivity contribution in [1.29, 1.82) is 0 Å². The molecule has 0 bridgehead atoms. The van der Waals surface area contributed by atoms with Crippen molar-refractivity contribution in [1.82, 2.24) is 15.5 Å². The number of carbonyl (C=O) groups excluding carboxylic acids is 2. The van der Waals surface area contributed by atoms with Crippen molar-refractivity contribution in [2.45, 2.75) is 32.6 Å². The molecular formula is C21H21FN4O4. The van der Waals surface area contributed by atoms with Gasteiger partial charge in [0.1, 0.15) is 0 Å². The molecule has 0 spiro atoms. The lowest BCUT2D eigenvalue weighted by Gasteiger charge is -2.37. The highest BCUT2D eigenvalue weighted by Crippen LogP contribution is 2.34. The molecule has 1 aliphatic heterocycles. The minimum absolute atomic E-state index is 0.0729. The SMILES string of the molecule is CC1CN(c2c(C=O)cc3c(C(=O)NCc4ccncc4)noc3c2F)CC(C)O1. The Bertz CT molecular complexity index is 1080. The van der Waals surface area contributed by atoms with Gasteiger partial charge in [0.05, 0.1) is 23.3 Å². The first-order valence-electron chi connectivity index (χ1n) is 9.62. The summed E-state index contributed by atoms with van der Waals surface area (Å²) in [5, 5.41) is 6.63. The number of ether oxygens (including phenoxy) is 1. The second kappa shape index (κ2) is 8.19. The number of benzene rings is 1. The molecule has 2 atom stereocenters. The maximum atomic E-state index is 15.4. The van der Waals surface area contributed by atoms with Crippen LogP contribution in [0.2, 0.25) is 0 Å². The van der Waals surface area contributed by atoms with Gasteiger partial charge in [-0.15, -0.1) is 0 Å². The Morgan fingerprint density at radius 3 is 2.67 bits per heavy atom. The van der Waals surface area contributed by atoms with E-state index < -0.39 is 11.7 Å². The van der Waals surface area contributed by atoms with E-state index in [4.69, 9.17) is 9.26 Å². The van der Waals surface area contributed by atoms with Gasteiger partial charge >= 0.3 is 0 Å². The van der Waals surface area contributed by atoms with E-state index in [1.807, 2.05) is 13.8 Å². The van der Waals surface area contributed by atoms with Crippen LogP contribution in [0.1, 0.15) is 40.3 Å². The first-order valence-corrected chi connectivity index (χ1v) is 9.62. The maximum absolute atomic E-state index is 15.4. The molecular weight excluding hydrogens is 391 g/mol. The van der Waals surface area contributed by atoms with Crippen molar-refractivity contribution >= 4 is 28.8 Å². The molecule has 1 N–H and O–H groups in total. The number of halogens is 1. The Morgan fingerprint density at radius 1 is 1.30 bits per heavy atom. The van der Waals surface area contributed by atoms with Crippen molar-refractivity contribution in [3.8, 4) is 0 Å². The lowest BCUT2D eigenvalue weighted by atomic mass is 10.1. The zero-order valence-electron chi connectivity index (χ0n) is 16.6. The molecule has 2 aromatic heterocycles. The minimum atomic E-state index is -0.711. The number of nitrogens with zero attached hydrogens (tertiary/aromatic N) is 3. The average Bonchev–Trinajstić information content (AvgIpc) is 3.16. The fraction of sp³-hybridized carbons (Fsp3) is 0.333. The highest BCUT2D eigenvalue weighted by atomic mass is 19.1. The Hall–Kier alpha value is -3.33. The van der Waals surface area contributed by atoms with E-state index in [2.05, 4.69) is 15.5 Å². The highest BCUT2D eigenvalue weighted by molar-refractivity contribution is 6.06. The molecule has 1 aliphatic rings. The summed E-state index contributed by atoms with van der Waals surface area (Å²) >= 11 is 0. The number of pyridine rings is 1. The third-order valence-corrected chi connectivity index (χ3v) is 4.99. The largest absolute Gasteiger partial charge is 0.372 e. The van der Waals surface area contributed by atoms with Crippen LogP contribution in [0.15, 0.2) is 35.1 Å². The summed E-state index contributed by atoms with van der Waals surface area (Å²) in [6.45, 7) is 4.89. The first-order chi connectivity index (χ1) is 14.5. The number of aromatic nitrogens is 2. The van der Waals surface area contributed by atoms with E-state index in [1.165, 1.54) is 6.07 Å². The zero-order valence-corrected chi connectivity index (χ0v) is 16.6. The molecule has 8 nitrogen and oxygen atoms in total. The number of hydrogen-bond acceptors (Lipinski definition) is 7. The molecule has 0 aliphatic carbocycles. The first kappa shape index (κ1) is 20.0. The number of hydrogen-bond donors (Lipinski definition) is 1. The number of anilines is 1. The monoisotopic (exact) mass is 412 g/mol. The molecule has 1 aromatic carbocycles. The van der Waals surface area contributed by atoms with Crippen LogP contribution in [-0.4, -0.2) is 47.6 Å². The predicted molar refractivity (Wildman–Crippen MR) is 107 cm³/mol. The van der Waals surface area contributed by atoms with Gasteiger partial charge in [-0.25, -0.2) is 4.39 Å². The number of fused-ring (bicyclic) bond motifs is 1. The van der Waals surface area contributed by atoms with Gasteiger partial charge in [0.25, 0.3) is 5.91 Å². The van der Waals surface area contributed by atoms with E-state index in [9.17, 15) is 9.59 Å². The van der Waals surface area contributed by atoms with Crippen LogP contribution in [0.25, 0.3) is 11.0 Å². The minimum Gasteiger partial charge on any atom is -0.372 e. The van der Waals surface area contributed by atoms with Gasteiger partial charge in [-0.2, -0.15) is 0 Å².